The molecule has 3 heterocycles. The number of amides is 2. The van der Waals surface area contributed by atoms with E-state index in [2.05, 4.69) is 15.4 Å². The zero-order valence-corrected chi connectivity index (χ0v) is 21.0. The smallest absolute Gasteiger partial charge is 0.382 e. The lowest BCUT2D eigenvalue weighted by Gasteiger charge is -2.20. The number of hydrogen-bond donors (Lipinski definition) is 2. The highest BCUT2D eigenvalue weighted by Gasteiger charge is 2.46. The Hall–Kier alpha value is -3.62. The summed E-state index contributed by atoms with van der Waals surface area (Å²) in [4.78, 5) is 30.3. The first-order valence-electron chi connectivity index (χ1n) is 12.0. The lowest BCUT2D eigenvalue weighted by Crippen LogP contribution is -2.42. The van der Waals surface area contributed by atoms with Crippen molar-refractivity contribution in [2.24, 2.45) is 5.92 Å². The summed E-state index contributed by atoms with van der Waals surface area (Å²) in [5, 5.41) is 5.41. The van der Waals surface area contributed by atoms with E-state index in [0.29, 0.717) is 6.07 Å². The van der Waals surface area contributed by atoms with Crippen LogP contribution in [0.2, 0.25) is 5.02 Å². The van der Waals surface area contributed by atoms with Crippen LogP contribution >= 0.6 is 11.6 Å². The molecule has 40 heavy (non-hydrogen) atoms. The number of hydrogen-bond acceptors (Lipinski definition) is 5. The van der Waals surface area contributed by atoms with E-state index in [9.17, 15) is 40.3 Å². The second-order valence-corrected chi connectivity index (χ2v) is 10.2. The fourth-order valence-corrected chi connectivity index (χ4v) is 5.33. The summed E-state index contributed by atoms with van der Waals surface area (Å²) >= 11 is 5.99. The molecule has 1 saturated heterocycles. The van der Waals surface area contributed by atoms with Crippen molar-refractivity contribution in [1.82, 2.24) is 24.8 Å². The molecule has 0 bridgehead atoms. The molecule has 214 valence electrons. The van der Waals surface area contributed by atoms with E-state index in [4.69, 9.17) is 17.3 Å². The maximum Gasteiger partial charge on any atom is 0.418 e. The highest BCUT2D eigenvalue weighted by atomic mass is 35.5. The van der Waals surface area contributed by atoms with Crippen molar-refractivity contribution in [3.63, 3.8) is 0 Å². The lowest BCUT2D eigenvalue weighted by atomic mass is 10.1. The van der Waals surface area contributed by atoms with Crippen molar-refractivity contribution in [3.05, 3.63) is 46.5 Å². The predicted octanol–water partition coefficient (Wildman–Crippen LogP) is 4.50. The van der Waals surface area contributed by atoms with Gasteiger partial charge in [-0.2, -0.15) is 18.3 Å². The summed E-state index contributed by atoms with van der Waals surface area (Å²) in [6.07, 6.45) is -6.86. The number of nitrogens with one attached hydrogen (secondary N) is 1. The Morgan fingerprint density at radius 1 is 1.18 bits per heavy atom. The number of fused-ring (bicyclic) bond motifs is 1. The Labute approximate surface area is 226 Å². The van der Waals surface area contributed by atoms with Gasteiger partial charge in [0.25, 0.3) is 5.91 Å². The molecule has 1 saturated carbocycles. The van der Waals surface area contributed by atoms with E-state index < -0.39 is 94.7 Å². The van der Waals surface area contributed by atoms with Crippen molar-refractivity contribution < 1.29 is 40.3 Å². The molecular weight excluding hydrogens is 573 g/mol. The maximum atomic E-state index is 14.8. The van der Waals surface area contributed by atoms with Crippen LogP contribution in [0.1, 0.15) is 35.2 Å². The molecule has 2 fully saturated rings. The van der Waals surface area contributed by atoms with Crippen LogP contribution in [0.15, 0.2) is 24.5 Å². The first-order chi connectivity index (χ1) is 18.7. The number of nitrogen functional groups attached to an aromatic ring is 1. The molecule has 0 radical (unpaired) electrons. The Balaban J connectivity index is 1.41. The van der Waals surface area contributed by atoms with Crippen molar-refractivity contribution in [1.29, 1.82) is 0 Å². The van der Waals surface area contributed by atoms with E-state index in [1.54, 1.807) is 0 Å². The van der Waals surface area contributed by atoms with Crippen molar-refractivity contribution in [2.45, 2.75) is 43.6 Å². The summed E-state index contributed by atoms with van der Waals surface area (Å²) < 4.78 is 98.5. The number of likely N-dealkylation sites (tertiary alicyclic amines) is 1. The van der Waals surface area contributed by atoms with Crippen LogP contribution < -0.4 is 11.1 Å². The van der Waals surface area contributed by atoms with E-state index in [1.165, 1.54) is 0 Å². The number of benzene rings is 1. The van der Waals surface area contributed by atoms with Gasteiger partial charge in [-0.15, -0.1) is 0 Å². The Morgan fingerprint density at radius 3 is 2.55 bits per heavy atom. The molecule has 8 nitrogen and oxygen atoms in total. The average molecular weight is 593 g/mol. The van der Waals surface area contributed by atoms with Crippen molar-refractivity contribution >= 4 is 34.7 Å². The standard InChI is InChI=1S/C24H20ClF7N6O2/c25-18-12(21(39)36-16-8-37(7-15(16)27)22(40)10-1-2-23(28,29)6-10)3-11(4-14(18)26)17-5-13(24(30,31)32)19-20(33)34-9-35-38(17)19/h3-5,9-10,15-16H,1-2,6-8H2,(H,36,39)(H2,33,34,35)/t10?,15-,16+/m0/s1. The van der Waals surface area contributed by atoms with Gasteiger partial charge in [0, 0.05) is 30.9 Å². The van der Waals surface area contributed by atoms with Crippen LogP contribution in [0.25, 0.3) is 16.8 Å². The van der Waals surface area contributed by atoms with Gasteiger partial charge >= 0.3 is 6.18 Å². The Bertz CT molecular complexity index is 1510. The van der Waals surface area contributed by atoms with E-state index in [-0.39, 0.29) is 24.2 Å². The van der Waals surface area contributed by atoms with Crippen LogP contribution in [-0.2, 0) is 11.0 Å². The molecule has 1 aliphatic heterocycles. The second kappa shape index (κ2) is 9.78. The molecule has 3 aromatic rings. The number of carbonyl (C=O) groups is 2. The second-order valence-electron chi connectivity index (χ2n) is 9.80. The van der Waals surface area contributed by atoms with Crippen LogP contribution in [-0.4, -0.2) is 62.5 Å². The van der Waals surface area contributed by atoms with E-state index >= 15 is 0 Å². The minimum Gasteiger partial charge on any atom is -0.382 e. The molecule has 2 amide bonds. The van der Waals surface area contributed by atoms with Gasteiger partial charge in [-0.05, 0) is 24.6 Å². The van der Waals surface area contributed by atoms with Gasteiger partial charge in [0.15, 0.2) is 5.82 Å². The highest BCUT2D eigenvalue weighted by Crippen LogP contribution is 2.41. The Morgan fingerprint density at radius 2 is 1.90 bits per heavy atom. The van der Waals surface area contributed by atoms with Crippen molar-refractivity contribution in [2.75, 3.05) is 18.8 Å². The zero-order chi connectivity index (χ0) is 29.1. The summed E-state index contributed by atoms with van der Waals surface area (Å²) in [6.45, 7) is -0.756. The lowest BCUT2D eigenvalue weighted by molar-refractivity contribution is -0.136. The summed E-state index contributed by atoms with van der Waals surface area (Å²) in [5.41, 5.74) is 2.83. The summed E-state index contributed by atoms with van der Waals surface area (Å²) in [7, 11) is 0. The molecule has 0 spiro atoms. The minimum atomic E-state index is -4.87. The molecule has 3 atom stereocenters. The Kier molecular flexibility index (Phi) is 6.83. The van der Waals surface area contributed by atoms with Gasteiger partial charge in [-0.3, -0.25) is 9.59 Å². The normalized spacial score (nSPS) is 22.7. The number of aromatic nitrogens is 3. The van der Waals surface area contributed by atoms with Crippen LogP contribution in [0.5, 0.6) is 0 Å². The number of nitrogens with two attached hydrogens (primary N) is 1. The molecule has 5 rings (SSSR count). The van der Waals surface area contributed by atoms with E-state index in [0.717, 1.165) is 27.9 Å². The number of rotatable bonds is 4. The fraction of sp³-hybridized carbons (Fsp3) is 0.417. The number of nitrogens with zero attached hydrogens (tertiary/aromatic N) is 4. The monoisotopic (exact) mass is 592 g/mol. The van der Waals surface area contributed by atoms with Gasteiger partial charge < -0.3 is 16.0 Å². The molecule has 1 aromatic carbocycles. The minimum absolute atomic E-state index is 0.0426. The number of halogens is 8. The zero-order valence-electron chi connectivity index (χ0n) is 20.3. The quantitative estimate of drug-likeness (QED) is 0.434. The number of anilines is 1. The maximum absolute atomic E-state index is 14.8. The van der Waals surface area contributed by atoms with Gasteiger partial charge in [-0.25, -0.2) is 27.1 Å². The van der Waals surface area contributed by atoms with Crippen LogP contribution in [0.4, 0.5) is 36.6 Å². The van der Waals surface area contributed by atoms with Gasteiger partial charge in [0.05, 0.1) is 34.4 Å². The molecule has 2 aromatic heterocycles. The SMILES string of the molecule is Nc1ncnn2c(-c3cc(F)c(Cl)c(C(=O)N[C@@H]4CN(C(=O)C5CCC(F)(F)C5)C[C@@H]4F)c3)cc(C(F)(F)F)c12. The average Bonchev–Trinajstić information content (AvgIpc) is 3.55. The fourth-order valence-electron chi connectivity index (χ4n) is 5.14. The van der Waals surface area contributed by atoms with Gasteiger partial charge in [0.2, 0.25) is 11.8 Å². The molecule has 2 aliphatic rings. The number of alkyl halides is 6. The van der Waals surface area contributed by atoms with Crippen molar-refractivity contribution in [3.8, 4) is 11.3 Å². The van der Waals surface area contributed by atoms with Gasteiger partial charge in [0.1, 0.15) is 23.8 Å². The first kappa shape index (κ1) is 27.9. The molecule has 1 unspecified atom stereocenters. The first-order valence-corrected chi connectivity index (χ1v) is 12.3. The van der Waals surface area contributed by atoms with Gasteiger partial charge in [-0.1, -0.05) is 11.6 Å². The molecule has 3 N–H and O–H groups in total. The topological polar surface area (TPSA) is 106 Å². The predicted molar refractivity (Wildman–Crippen MR) is 128 cm³/mol. The summed E-state index contributed by atoms with van der Waals surface area (Å²) in [6, 6.07) is 1.20. The van der Waals surface area contributed by atoms with E-state index in [1.807, 2.05) is 0 Å². The third-order valence-corrected chi connectivity index (χ3v) is 7.47. The summed E-state index contributed by atoms with van der Waals surface area (Å²) in [5.74, 6) is -7.30. The highest BCUT2D eigenvalue weighted by molar-refractivity contribution is 6.34. The third kappa shape index (κ3) is 5.02. The largest absolute Gasteiger partial charge is 0.418 e. The molecule has 1 aliphatic carbocycles. The third-order valence-electron chi connectivity index (χ3n) is 7.09. The number of carbonyl (C=O) groups excluding carboxylic acids is 2. The van der Waals surface area contributed by atoms with Crippen LogP contribution in [0.3, 0.4) is 0 Å². The molecule has 16 heteroatoms. The molecular formula is C24H20ClF7N6O2. The van der Waals surface area contributed by atoms with Crippen LogP contribution in [0, 0.1) is 11.7 Å².